The second-order valence-electron chi connectivity index (χ2n) is 8.47. The molecule has 0 unspecified atom stereocenters. The zero-order valence-corrected chi connectivity index (χ0v) is 20.4. The van der Waals surface area contributed by atoms with Crippen molar-refractivity contribution in [1.82, 2.24) is 14.8 Å². The van der Waals surface area contributed by atoms with Gasteiger partial charge in [-0.25, -0.2) is 4.98 Å². The molecule has 36 heavy (non-hydrogen) atoms. The fourth-order valence-electron chi connectivity index (χ4n) is 4.55. The van der Waals surface area contributed by atoms with Crippen molar-refractivity contribution in [3.05, 3.63) is 84.2 Å². The number of nitrogen functional groups attached to an aromatic ring is 1. The average Bonchev–Trinajstić information content (AvgIpc) is 3.25. The molecule has 0 amide bonds. The van der Waals surface area contributed by atoms with Gasteiger partial charge in [0.1, 0.15) is 23.9 Å². The Hall–Kier alpha value is -4.39. The van der Waals surface area contributed by atoms with Gasteiger partial charge in [0.05, 0.1) is 18.5 Å². The number of nitrogens with zero attached hydrogens (tertiary/aromatic N) is 3. The number of nitrogens with two attached hydrogens (primary N) is 1. The Morgan fingerprint density at radius 3 is 2.67 bits per heavy atom. The monoisotopic (exact) mass is 480 g/mol. The number of anilines is 1. The second kappa shape index (κ2) is 10.1. The Labute approximate surface area is 209 Å². The van der Waals surface area contributed by atoms with E-state index in [2.05, 4.69) is 36.2 Å². The Morgan fingerprint density at radius 2 is 1.83 bits per heavy atom. The molecule has 0 atom stereocenters. The van der Waals surface area contributed by atoms with Crippen molar-refractivity contribution in [2.24, 2.45) is 0 Å². The minimum Gasteiger partial charge on any atom is -0.487 e. The minimum atomic E-state index is -0.273. The van der Waals surface area contributed by atoms with Crippen LogP contribution < -0.4 is 10.5 Å². The molecule has 0 radical (unpaired) electrons. The van der Waals surface area contributed by atoms with E-state index in [0.717, 1.165) is 50.6 Å². The molecule has 7 heteroatoms. The Morgan fingerprint density at radius 1 is 0.972 bits per heavy atom. The fraction of sp³-hybridized carbons (Fsp3) is 0.207. The maximum absolute atomic E-state index is 12.0. The van der Waals surface area contributed by atoms with Gasteiger partial charge in [0, 0.05) is 29.1 Å². The Bertz CT molecular complexity index is 1560. The molecule has 2 N–H and O–H groups in total. The molecule has 7 nitrogen and oxygen atoms in total. The third kappa shape index (κ3) is 4.47. The van der Waals surface area contributed by atoms with Gasteiger partial charge in [-0.15, -0.1) is 0 Å². The van der Waals surface area contributed by atoms with Crippen LogP contribution in [0.4, 0.5) is 5.82 Å². The Kier molecular flexibility index (Phi) is 6.54. The van der Waals surface area contributed by atoms with Crippen molar-refractivity contribution < 1.29 is 14.3 Å². The van der Waals surface area contributed by atoms with Gasteiger partial charge in [-0.05, 0) is 54.6 Å². The van der Waals surface area contributed by atoms with Crippen molar-refractivity contribution in [3.63, 3.8) is 0 Å². The topological polar surface area (TPSA) is 92.3 Å². The van der Waals surface area contributed by atoms with Gasteiger partial charge < -0.3 is 15.2 Å². The maximum atomic E-state index is 12.0. The number of hydrogen-bond donors (Lipinski definition) is 1. The molecule has 0 spiro atoms. The molecule has 0 aliphatic carbocycles. The molecule has 0 bridgehead atoms. The molecule has 3 aromatic carbocycles. The summed E-state index contributed by atoms with van der Waals surface area (Å²) >= 11 is 0. The van der Waals surface area contributed by atoms with Gasteiger partial charge in [-0.3, -0.25) is 9.48 Å². The molecule has 5 rings (SSSR count). The van der Waals surface area contributed by atoms with Crippen molar-refractivity contribution in [2.75, 3.05) is 12.3 Å². The van der Waals surface area contributed by atoms with Crippen molar-refractivity contribution in [1.29, 1.82) is 0 Å². The van der Waals surface area contributed by atoms with Crippen molar-refractivity contribution in [2.45, 2.75) is 33.4 Å². The summed E-state index contributed by atoms with van der Waals surface area (Å²) in [6, 6.07) is 22.0. The summed E-state index contributed by atoms with van der Waals surface area (Å²) in [6.07, 6.45) is 1.90. The zero-order valence-electron chi connectivity index (χ0n) is 20.4. The average molecular weight is 481 g/mol. The number of aryl methyl sites for hydroxylation is 1. The predicted octanol–water partition coefficient (Wildman–Crippen LogP) is 5.54. The molecule has 0 saturated heterocycles. The number of carbonyl (C=O) groups is 1. The molecule has 2 aromatic heterocycles. The van der Waals surface area contributed by atoms with E-state index in [1.807, 2.05) is 47.1 Å². The van der Waals surface area contributed by atoms with E-state index >= 15 is 0 Å². The highest BCUT2D eigenvalue weighted by atomic mass is 16.5. The van der Waals surface area contributed by atoms with Crippen LogP contribution in [0.5, 0.6) is 5.75 Å². The minimum absolute atomic E-state index is 0.164. The lowest BCUT2D eigenvalue weighted by Crippen LogP contribution is -2.09. The van der Waals surface area contributed by atoms with Gasteiger partial charge in [-0.1, -0.05) is 42.5 Å². The number of ether oxygens (including phenoxy) is 2. The summed E-state index contributed by atoms with van der Waals surface area (Å²) in [7, 11) is 0. The molecule has 5 aromatic rings. The fourth-order valence-corrected chi connectivity index (χ4v) is 4.55. The third-order valence-corrected chi connectivity index (χ3v) is 6.25. The van der Waals surface area contributed by atoms with Crippen LogP contribution in [0.15, 0.2) is 72.9 Å². The number of benzene rings is 3. The number of carbonyl (C=O) groups excluding carboxylic acids is 1. The van der Waals surface area contributed by atoms with Crippen LogP contribution in [0.2, 0.25) is 0 Å². The lowest BCUT2D eigenvalue weighted by Gasteiger charge is -2.11. The summed E-state index contributed by atoms with van der Waals surface area (Å²) in [5, 5.41) is 7.83. The largest absolute Gasteiger partial charge is 0.487 e. The number of esters is 1. The first-order chi connectivity index (χ1) is 17.6. The smallest absolute Gasteiger partial charge is 0.310 e. The molecular weight excluding hydrogens is 452 g/mol. The van der Waals surface area contributed by atoms with E-state index in [1.54, 1.807) is 13.1 Å². The first-order valence-electron chi connectivity index (χ1n) is 12.1. The number of pyridine rings is 1. The predicted molar refractivity (Wildman–Crippen MR) is 142 cm³/mol. The number of rotatable bonds is 8. The van der Waals surface area contributed by atoms with Crippen LogP contribution in [-0.4, -0.2) is 27.3 Å². The van der Waals surface area contributed by atoms with Crippen LogP contribution in [0.3, 0.4) is 0 Å². The van der Waals surface area contributed by atoms with E-state index in [0.29, 0.717) is 18.2 Å². The SMILES string of the molecule is CCOC(=O)Cc1ccccc1OCc1nn(CC)c2ccc(-c3cccc4c(N)nccc34)cc12. The van der Waals surface area contributed by atoms with Crippen molar-refractivity contribution in [3.8, 4) is 16.9 Å². The molecule has 182 valence electrons. The van der Waals surface area contributed by atoms with Gasteiger partial charge in [0.2, 0.25) is 0 Å². The standard InChI is InChI=1S/C29H28N4O3/c1-3-33-26-13-12-19(21-9-7-10-23-22(21)14-15-31-29(23)30)16-24(26)25(32-33)18-36-27-11-6-5-8-20(27)17-28(34)35-4-2/h5-16H,3-4,17-18H2,1-2H3,(H2,30,31). The first-order valence-corrected chi connectivity index (χ1v) is 12.1. The summed E-state index contributed by atoms with van der Waals surface area (Å²) in [5.41, 5.74) is 10.9. The van der Waals surface area contributed by atoms with Crippen LogP contribution in [0.1, 0.15) is 25.1 Å². The second-order valence-corrected chi connectivity index (χ2v) is 8.47. The van der Waals surface area contributed by atoms with Gasteiger partial charge in [0.15, 0.2) is 0 Å². The number of hydrogen-bond acceptors (Lipinski definition) is 6. The molecular formula is C29H28N4O3. The van der Waals surface area contributed by atoms with Crippen LogP contribution in [0, 0.1) is 0 Å². The normalized spacial score (nSPS) is 11.2. The lowest BCUT2D eigenvalue weighted by molar-refractivity contribution is -0.142. The lowest BCUT2D eigenvalue weighted by atomic mass is 9.97. The summed E-state index contributed by atoms with van der Waals surface area (Å²) in [5.74, 6) is 0.896. The highest BCUT2D eigenvalue weighted by Crippen LogP contribution is 2.33. The van der Waals surface area contributed by atoms with Crippen LogP contribution >= 0.6 is 0 Å². The quantitative estimate of drug-likeness (QED) is 0.293. The van der Waals surface area contributed by atoms with Crippen LogP contribution in [0.25, 0.3) is 32.8 Å². The van der Waals surface area contributed by atoms with E-state index < -0.39 is 0 Å². The summed E-state index contributed by atoms with van der Waals surface area (Å²) < 4.78 is 13.3. The molecule has 0 saturated carbocycles. The van der Waals surface area contributed by atoms with Crippen molar-refractivity contribution >= 4 is 33.5 Å². The third-order valence-electron chi connectivity index (χ3n) is 6.25. The van der Waals surface area contributed by atoms with Gasteiger partial charge in [-0.2, -0.15) is 5.10 Å². The van der Waals surface area contributed by atoms with Gasteiger partial charge in [0.25, 0.3) is 0 Å². The Balaban J connectivity index is 1.51. The maximum Gasteiger partial charge on any atom is 0.310 e. The molecule has 0 fully saturated rings. The number of aromatic nitrogens is 3. The summed E-state index contributed by atoms with van der Waals surface area (Å²) in [4.78, 5) is 16.3. The van der Waals surface area contributed by atoms with E-state index in [1.165, 1.54) is 0 Å². The molecule has 2 heterocycles. The molecule has 0 aliphatic rings. The zero-order chi connectivity index (χ0) is 25.1. The van der Waals surface area contributed by atoms with Crippen LogP contribution in [-0.2, 0) is 29.1 Å². The van der Waals surface area contributed by atoms with E-state index in [-0.39, 0.29) is 19.0 Å². The highest BCUT2D eigenvalue weighted by Gasteiger charge is 2.15. The van der Waals surface area contributed by atoms with E-state index in [4.69, 9.17) is 20.3 Å². The first kappa shape index (κ1) is 23.4. The number of para-hydroxylation sites is 1. The summed E-state index contributed by atoms with van der Waals surface area (Å²) in [6.45, 7) is 5.24. The van der Waals surface area contributed by atoms with E-state index in [9.17, 15) is 4.79 Å². The number of fused-ring (bicyclic) bond motifs is 2. The highest BCUT2D eigenvalue weighted by molar-refractivity contribution is 6.02. The molecule has 0 aliphatic heterocycles. The van der Waals surface area contributed by atoms with Gasteiger partial charge >= 0.3 is 5.97 Å².